The number of hydrogen-bond donors (Lipinski definition) is 2. The Bertz CT molecular complexity index is 244. The summed E-state index contributed by atoms with van der Waals surface area (Å²) in [4.78, 5) is 13.1. The third kappa shape index (κ3) is 1.45. The molecule has 1 atom stereocenters. The third-order valence-electron chi connectivity index (χ3n) is 1.33. The maximum absolute atomic E-state index is 10.5. The molecule has 0 saturated heterocycles. The van der Waals surface area contributed by atoms with Crippen molar-refractivity contribution in [1.82, 2.24) is 4.98 Å². The van der Waals surface area contributed by atoms with Gasteiger partial charge in [0.2, 0.25) is 5.56 Å². The molecule has 3 N–H and O–H groups in total. The van der Waals surface area contributed by atoms with Crippen LogP contribution in [0.3, 0.4) is 0 Å². The quantitative estimate of drug-likeness (QED) is 0.590. The number of H-pyrrole nitrogens is 1. The molecule has 1 aromatic heterocycles. The molecule has 0 unspecified atom stereocenters. The number of hydrogen-bond acceptors (Lipinski definition) is 2. The summed E-state index contributed by atoms with van der Waals surface area (Å²) in [6.07, 6.45) is 1.63. The molecule has 0 bridgehead atoms. The summed E-state index contributed by atoms with van der Waals surface area (Å²) in [6, 6.07) is 3.18. The first-order chi connectivity index (χ1) is 4.70. The number of nitrogens with one attached hydrogen (secondary N) is 1. The second kappa shape index (κ2) is 2.66. The standard InChI is InChI=1S/C7H10N2O/c1-5(8)6-2-3-7(10)9-4-6/h2-5H,8H2,1H3,(H,9,10)/t5-/m1/s1. The van der Waals surface area contributed by atoms with Crippen LogP contribution in [0.15, 0.2) is 23.1 Å². The van der Waals surface area contributed by atoms with E-state index in [9.17, 15) is 4.79 Å². The van der Waals surface area contributed by atoms with E-state index in [1.54, 1.807) is 12.3 Å². The van der Waals surface area contributed by atoms with E-state index in [1.165, 1.54) is 6.07 Å². The predicted octanol–water partition coefficient (Wildman–Crippen LogP) is 0.395. The molecule has 0 amide bonds. The highest BCUT2D eigenvalue weighted by molar-refractivity contribution is 5.11. The molecule has 1 aromatic rings. The summed E-state index contributed by atoms with van der Waals surface area (Å²) < 4.78 is 0. The smallest absolute Gasteiger partial charge is 0.247 e. The lowest BCUT2D eigenvalue weighted by Crippen LogP contribution is -2.09. The summed E-state index contributed by atoms with van der Waals surface area (Å²) >= 11 is 0. The third-order valence-corrected chi connectivity index (χ3v) is 1.33. The maximum Gasteiger partial charge on any atom is 0.247 e. The molecule has 54 valence electrons. The Kier molecular flexibility index (Phi) is 1.87. The lowest BCUT2D eigenvalue weighted by atomic mass is 10.2. The van der Waals surface area contributed by atoms with Crippen LogP contribution in [-0.2, 0) is 0 Å². The van der Waals surface area contributed by atoms with Crippen LogP contribution in [0.1, 0.15) is 18.5 Å². The molecule has 3 nitrogen and oxygen atoms in total. The van der Waals surface area contributed by atoms with E-state index in [0.717, 1.165) is 5.56 Å². The number of rotatable bonds is 1. The van der Waals surface area contributed by atoms with Crippen LogP contribution < -0.4 is 11.3 Å². The average Bonchev–Trinajstić information content (AvgIpc) is 1.88. The van der Waals surface area contributed by atoms with E-state index in [-0.39, 0.29) is 11.6 Å². The summed E-state index contributed by atoms with van der Waals surface area (Å²) in [7, 11) is 0. The summed E-state index contributed by atoms with van der Waals surface area (Å²) in [6.45, 7) is 1.87. The largest absolute Gasteiger partial charge is 0.329 e. The Morgan fingerprint density at radius 2 is 2.30 bits per heavy atom. The van der Waals surface area contributed by atoms with Gasteiger partial charge in [0.05, 0.1) is 0 Å². The van der Waals surface area contributed by atoms with E-state index < -0.39 is 0 Å². The molecule has 1 heterocycles. The van der Waals surface area contributed by atoms with Crippen molar-refractivity contribution in [3.05, 3.63) is 34.2 Å². The summed E-state index contributed by atoms with van der Waals surface area (Å²) in [5, 5.41) is 0. The van der Waals surface area contributed by atoms with Crippen LogP contribution in [-0.4, -0.2) is 4.98 Å². The van der Waals surface area contributed by atoms with Crippen molar-refractivity contribution >= 4 is 0 Å². The van der Waals surface area contributed by atoms with Crippen molar-refractivity contribution in [2.24, 2.45) is 5.73 Å². The molecule has 0 saturated carbocycles. The minimum atomic E-state index is -0.0931. The van der Waals surface area contributed by atoms with E-state index in [1.807, 2.05) is 6.92 Å². The molecule has 0 radical (unpaired) electrons. The molecule has 1 rings (SSSR count). The fraction of sp³-hybridized carbons (Fsp3) is 0.286. The fourth-order valence-corrected chi connectivity index (χ4v) is 0.706. The van der Waals surface area contributed by atoms with Gasteiger partial charge >= 0.3 is 0 Å². The van der Waals surface area contributed by atoms with Crippen molar-refractivity contribution < 1.29 is 0 Å². The SMILES string of the molecule is C[C@@H](N)c1ccc(=O)[nH]c1. The van der Waals surface area contributed by atoms with Crippen molar-refractivity contribution in [2.75, 3.05) is 0 Å². The van der Waals surface area contributed by atoms with Gasteiger partial charge in [0.15, 0.2) is 0 Å². The zero-order valence-electron chi connectivity index (χ0n) is 5.79. The van der Waals surface area contributed by atoms with Crippen molar-refractivity contribution in [3.8, 4) is 0 Å². The molecule has 0 aliphatic rings. The maximum atomic E-state index is 10.5. The lowest BCUT2D eigenvalue weighted by molar-refractivity contribution is 0.810. The Labute approximate surface area is 58.9 Å². The van der Waals surface area contributed by atoms with Crippen molar-refractivity contribution in [1.29, 1.82) is 0 Å². The zero-order chi connectivity index (χ0) is 7.56. The van der Waals surface area contributed by atoms with Crippen LogP contribution in [0.2, 0.25) is 0 Å². The van der Waals surface area contributed by atoms with Gasteiger partial charge in [0.25, 0.3) is 0 Å². The van der Waals surface area contributed by atoms with E-state index in [0.29, 0.717) is 0 Å². The van der Waals surface area contributed by atoms with Crippen molar-refractivity contribution in [3.63, 3.8) is 0 Å². The van der Waals surface area contributed by atoms with Gasteiger partial charge in [-0.3, -0.25) is 4.79 Å². The van der Waals surface area contributed by atoms with Gasteiger partial charge in [-0.25, -0.2) is 0 Å². The first kappa shape index (κ1) is 7.02. The molecular weight excluding hydrogens is 128 g/mol. The van der Waals surface area contributed by atoms with Gasteiger partial charge in [-0.1, -0.05) is 6.07 Å². The number of pyridine rings is 1. The molecule has 0 aliphatic heterocycles. The fourth-order valence-electron chi connectivity index (χ4n) is 0.706. The Hall–Kier alpha value is -1.09. The van der Waals surface area contributed by atoms with Crippen molar-refractivity contribution in [2.45, 2.75) is 13.0 Å². The normalized spacial score (nSPS) is 13.0. The van der Waals surface area contributed by atoms with Crippen LogP contribution in [0.4, 0.5) is 0 Å². The second-order valence-electron chi connectivity index (χ2n) is 2.27. The van der Waals surface area contributed by atoms with Gasteiger partial charge in [-0.05, 0) is 12.5 Å². The molecule has 0 spiro atoms. The molecule has 3 heteroatoms. The Morgan fingerprint density at radius 1 is 1.60 bits per heavy atom. The Morgan fingerprint density at radius 3 is 2.70 bits per heavy atom. The number of aromatic nitrogens is 1. The first-order valence-electron chi connectivity index (χ1n) is 3.14. The minimum absolute atomic E-state index is 0.0168. The Balaban J connectivity index is 3.00. The number of nitrogens with two attached hydrogens (primary N) is 1. The molecule has 0 aromatic carbocycles. The highest BCUT2D eigenvalue weighted by Gasteiger charge is 1.95. The number of aromatic amines is 1. The first-order valence-corrected chi connectivity index (χ1v) is 3.14. The molecular formula is C7H10N2O. The predicted molar refractivity (Wildman–Crippen MR) is 39.7 cm³/mol. The highest BCUT2D eigenvalue weighted by atomic mass is 16.1. The summed E-state index contributed by atoms with van der Waals surface area (Å²) in [5.74, 6) is 0. The van der Waals surface area contributed by atoms with E-state index >= 15 is 0 Å². The zero-order valence-corrected chi connectivity index (χ0v) is 5.79. The second-order valence-corrected chi connectivity index (χ2v) is 2.27. The van der Waals surface area contributed by atoms with Crippen LogP contribution >= 0.6 is 0 Å². The lowest BCUT2D eigenvalue weighted by Gasteiger charge is -2.01. The van der Waals surface area contributed by atoms with Crippen LogP contribution in [0, 0.1) is 0 Å². The van der Waals surface area contributed by atoms with Gasteiger partial charge in [0.1, 0.15) is 0 Å². The molecule has 10 heavy (non-hydrogen) atoms. The summed E-state index contributed by atoms with van der Waals surface area (Å²) in [5.41, 5.74) is 6.39. The molecule has 0 fully saturated rings. The average molecular weight is 138 g/mol. The minimum Gasteiger partial charge on any atom is -0.329 e. The van der Waals surface area contributed by atoms with Gasteiger partial charge in [0, 0.05) is 18.3 Å². The van der Waals surface area contributed by atoms with E-state index in [2.05, 4.69) is 4.98 Å². The van der Waals surface area contributed by atoms with Crippen LogP contribution in [0.5, 0.6) is 0 Å². The van der Waals surface area contributed by atoms with Gasteiger partial charge in [-0.2, -0.15) is 0 Å². The molecule has 0 aliphatic carbocycles. The monoisotopic (exact) mass is 138 g/mol. The van der Waals surface area contributed by atoms with Crippen LogP contribution in [0.25, 0.3) is 0 Å². The topological polar surface area (TPSA) is 58.9 Å². The van der Waals surface area contributed by atoms with Gasteiger partial charge in [-0.15, -0.1) is 0 Å². The van der Waals surface area contributed by atoms with E-state index in [4.69, 9.17) is 5.73 Å². The van der Waals surface area contributed by atoms with Gasteiger partial charge < -0.3 is 10.7 Å². The highest BCUT2D eigenvalue weighted by Crippen LogP contribution is 2.03.